The maximum Gasteiger partial charge on any atom is 0.337 e. The molecule has 1 aromatic rings. The van der Waals surface area contributed by atoms with E-state index in [0.717, 1.165) is 0 Å². The lowest BCUT2D eigenvalue weighted by molar-refractivity contribution is -0.136. The second-order valence-corrected chi connectivity index (χ2v) is 4.65. The van der Waals surface area contributed by atoms with Gasteiger partial charge in [-0.3, -0.25) is 4.79 Å². The zero-order chi connectivity index (χ0) is 14.6. The van der Waals surface area contributed by atoms with Crippen LogP contribution in [0.1, 0.15) is 30.6 Å². The lowest BCUT2D eigenvalue weighted by Gasteiger charge is -2.25. The Morgan fingerprint density at radius 3 is 2.53 bits per heavy atom. The number of carbonyl (C=O) groups is 2. The first kappa shape index (κ1) is 15.5. The Labute approximate surface area is 116 Å². The van der Waals surface area contributed by atoms with E-state index in [1.165, 1.54) is 25.3 Å². The van der Waals surface area contributed by atoms with Crippen LogP contribution in [0.15, 0.2) is 18.2 Å². The van der Waals surface area contributed by atoms with Crippen molar-refractivity contribution in [1.82, 2.24) is 0 Å². The van der Waals surface area contributed by atoms with Crippen molar-refractivity contribution in [2.24, 2.45) is 0 Å². The van der Waals surface area contributed by atoms with Crippen molar-refractivity contribution in [2.45, 2.75) is 25.9 Å². The first-order valence-corrected chi connectivity index (χ1v) is 6.11. The Kier molecular flexibility index (Phi) is 4.91. The molecule has 0 aromatic heterocycles. The van der Waals surface area contributed by atoms with E-state index in [0.29, 0.717) is 12.1 Å². The van der Waals surface area contributed by atoms with E-state index >= 15 is 0 Å². The fraction of sp³-hybridized carbons (Fsp3) is 0.385. The molecule has 0 saturated heterocycles. The molecular formula is C13H16ClNO4. The topological polar surface area (TPSA) is 75.6 Å². The molecule has 1 unspecified atom stereocenters. The zero-order valence-corrected chi connectivity index (χ0v) is 11.7. The van der Waals surface area contributed by atoms with Crippen LogP contribution < -0.4 is 5.32 Å². The molecule has 0 aliphatic heterocycles. The lowest BCUT2D eigenvalue weighted by atomic mass is 10.0. The van der Waals surface area contributed by atoms with Crippen molar-refractivity contribution in [2.75, 3.05) is 12.4 Å². The van der Waals surface area contributed by atoms with Crippen molar-refractivity contribution in [3.63, 3.8) is 0 Å². The third kappa shape index (κ3) is 3.45. The summed E-state index contributed by atoms with van der Waals surface area (Å²) < 4.78 is 5.17. The molecular weight excluding hydrogens is 270 g/mol. The van der Waals surface area contributed by atoms with Crippen LogP contribution in [0.3, 0.4) is 0 Å². The van der Waals surface area contributed by atoms with Crippen LogP contribution in [0.5, 0.6) is 0 Å². The number of carbonyl (C=O) groups excluding carboxylic acids is 1. The maximum atomic E-state index is 12.0. The first-order valence-electron chi connectivity index (χ1n) is 5.73. The molecule has 104 valence electrons. The fourth-order valence-electron chi connectivity index (χ4n) is 1.43. The van der Waals surface area contributed by atoms with Crippen LogP contribution in [0.4, 0.5) is 5.69 Å². The second-order valence-electron chi connectivity index (χ2n) is 4.24. The lowest BCUT2D eigenvalue weighted by Crippen LogP contribution is -2.41. The molecule has 0 saturated carbocycles. The predicted octanol–water partition coefficient (Wildman–Crippen LogP) is 2.79. The number of rotatable bonds is 5. The largest absolute Gasteiger partial charge is 0.478 e. The summed E-state index contributed by atoms with van der Waals surface area (Å²) in [6, 6.07) is 4.23. The van der Waals surface area contributed by atoms with E-state index in [2.05, 4.69) is 5.32 Å². The molecule has 6 heteroatoms. The highest BCUT2D eigenvalue weighted by Gasteiger charge is 2.31. The molecule has 1 amide bonds. The average Bonchev–Trinajstić information content (AvgIpc) is 2.37. The molecule has 1 rings (SSSR count). The highest BCUT2D eigenvalue weighted by atomic mass is 35.5. The summed E-state index contributed by atoms with van der Waals surface area (Å²) in [5.74, 6) is -1.42. The maximum absolute atomic E-state index is 12.0. The minimum atomic E-state index is -1.11. The summed E-state index contributed by atoms with van der Waals surface area (Å²) >= 11 is 5.83. The van der Waals surface area contributed by atoms with Gasteiger partial charge in [0.25, 0.3) is 5.91 Å². The summed E-state index contributed by atoms with van der Waals surface area (Å²) in [6.07, 6.45) is 0.510. The van der Waals surface area contributed by atoms with Crippen LogP contribution in [0.2, 0.25) is 5.02 Å². The van der Waals surface area contributed by atoms with Gasteiger partial charge >= 0.3 is 5.97 Å². The first-order chi connectivity index (χ1) is 8.84. The van der Waals surface area contributed by atoms with Crippen LogP contribution >= 0.6 is 11.6 Å². The molecule has 5 nitrogen and oxygen atoms in total. The number of benzene rings is 1. The summed E-state index contributed by atoms with van der Waals surface area (Å²) in [6.45, 7) is 3.51. The van der Waals surface area contributed by atoms with E-state index in [9.17, 15) is 9.59 Å². The number of anilines is 1. The quantitative estimate of drug-likeness (QED) is 0.872. The summed E-state index contributed by atoms with van der Waals surface area (Å²) in [4.78, 5) is 22.8. The van der Waals surface area contributed by atoms with Crippen molar-refractivity contribution in [3.8, 4) is 0 Å². The predicted molar refractivity (Wildman–Crippen MR) is 72.7 cm³/mol. The fourth-order valence-corrected chi connectivity index (χ4v) is 1.69. The van der Waals surface area contributed by atoms with Gasteiger partial charge in [-0.25, -0.2) is 4.79 Å². The van der Waals surface area contributed by atoms with Crippen LogP contribution in [-0.4, -0.2) is 29.7 Å². The number of amides is 1. The number of methoxy groups -OCH3 is 1. The number of halogens is 1. The zero-order valence-electron chi connectivity index (χ0n) is 11.0. The van der Waals surface area contributed by atoms with Gasteiger partial charge in [0, 0.05) is 12.8 Å². The molecule has 0 fully saturated rings. The Balaban J connectivity index is 2.92. The van der Waals surface area contributed by atoms with Crippen LogP contribution in [0.25, 0.3) is 0 Å². The monoisotopic (exact) mass is 285 g/mol. The molecule has 0 bridgehead atoms. The van der Waals surface area contributed by atoms with Gasteiger partial charge in [0.15, 0.2) is 0 Å². The van der Waals surface area contributed by atoms with Gasteiger partial charge in [0.05, 0.1) is 10.6 Å². The number of aromatic carboxylic acids is 1. The van der Waals surface area contributed by atoms with Gasteiger partial charge in [-0.2, -0.15) is 0 Å². The SMILES string of the molecule is CCC(C)(OC)C(=O)Nc1ccc(C(=O)O)c(Cl)c1. The Hall–Kier alpha value is -1.59. The number of hydrogen-bond donors (Lipinski definition) is 2. The normalized spacial score (nSPS) is 13.7. The van der Waals surface area contributed by atoms with Crippen LogP contribution in [0, 0.1) is 0 Å². The number of carboxylic acid groups (broad SMARTS) is 1. The second kappa shape index (κ2) is 6.04. The van der Waals surface area contributed by atoms with Gasteiger partial charge in [-0.1, -0.05) is 18.5 Å². The highest BCUT2D eigenvalue weighted by Crippen LogP contribution is 2.23. The third-order valence-electron chi connectivity index (χ3n) is 3.06. The molecule has 1 atom stereocenters. The number of carboxylic acids is 1. The summed E-state index contributed by atoms with van der Waals surface area (Å²) in [5, 5.41) is 11.6. The van der Waals surface area contributed by atoms with E-state index in [1.807, 2.05) is 6.92 Å². The van der Waals surface area contributed by atoms with E-state index in [-0.39, 0.29) is 16.5 Å². The number of ether oxygens (including phenoxy) is 1. The van der Waals surface area contributed by atoms with Gasteiger partial charge in [-0.15, -0.1) is 0 Å². The van der Waals surface area contributed by atoms with Crippen molar-refractivity contribution >= 4 is 29.2 Å². The molecule has 0 heterocycles. The summed E-state index contributed by atoms with van der Waals surface area (Å²) in [5.41, 5.74) is -0.515. The Morgan fingerprint density at radius 1 is 1.47 bits per heavy atom. The molecule has 1 aromatic carbocycles. The minimum Gasteiger partial charge on any atom is -0.478 e. The minimum absolute atomic E-state index is 0.00957. The molecule has 0 aliphatic carbocycles. The van der Waals surface area contributed by atoms with E-state index in [4.69, 9.17) is 21.4 Å². The van der Waals surface area contributed by atoms with Gasteiger partial charge in [0.2, 0.25) is 0 Å². The third-order valence-corrected chi connectivity index (χ3v) is 3.38. The van der Waals surface area contributed by atoms with Crippen molar-refractivity contribution in [1.29, 1.82) is 0 Å². The molecule has 2 N–H and O–H groups in total. The Bertz CT molecular complexity index is 497. The standard InChI is InChI=1S/C13H16ClNO4/c1-4-13(2,19-3)12(18)15-8-5-6-9(11(16)17)10(14)7-8/h5-7H,4H2,1-3H3,(H,15,18)(H,16,17). The van der Waals surface area contributed by atoms with Gasteiger partial charge < -0.3 is 15.2 Å². The number of hydrogen-bond acceptors (Lipinski definition) is 3. The van der Waals surface area contributed by atoms with E-state index < -0.39 is 11.6 Å². The van der Waals surface area contributed by atoms with Crippen LogP contribution in [-0.2, 0) is 9.53 Å². The number of nitrogens with one attached hydrogen (secondary N) is 1. The molecule has 0 spiro atoms. The molecule has 0 aliphatic rings. The van der Waals surface area contributed by atoms with Crippen molar-refractivity contribution in [3.05, 3.63) is 28.8 Å². The van der Waals surface area contributed by atoms with Crippen molar-refractivity contribution < 1.29 is 19.4 Å². The molecule has 0 radical (unpaired) electrons. The Morgan fingerprint density at radius 2 is 2.11 bits per heavy atom. The van der Waals surface area contributed by atoms with Gasteiger partial charge in [0.1, 0.15) is 5.60 Å². The summed E-state index contributed by atoms with van der Waals surface area (Å²) in [7, 11) is 1.46. The highest BCUT2D eigenvalue weighted by molar-refractivity contribution is 6.33. The van der Waals surface area contributed by atoms with E-state index in [1.54, 1.807) is 6.92 Å². The average molecular weight is 286 g/mol. The van der Waals surface area contributed by atoms with Gasteiger partial charge in [-0.05, 0) is 31.5 Å². The molecule has 19 heavy (non-hydrogen) atoms. The smallest absolute Gasteiger partial charge is 0.337 e.